The van der Waals surface area contributed by atoms with Crippen LogP contribution in [0.2, 0.25) is 0 Å². The van der Waals surface area contributed by atoms with Gasteiger partial charge in [0, 0.05) is 24.8 Å². The highest BCUT2D eigenvalue weighted by Gasteiger charge is 2.40. The molecule has 0 saturated carbocycles. The number of esters is 1. The van der Waals surface area contributed by atoms with E-state index in [9.17, 15) is 22.8 Å². The SMILES string of the molecule is CC(=O)Oc1cc(C)c2c(=O)c(-c3cnn(-c4ccccc4)c3)c(C(F)(F)F)oc2c1. The molecule has 0 aliphatic heterocycles. The van der Waals surface area contributed by atoms with Gasteiger partial charge in [-0.2, -0.15) is 18.3 Å². The van der Waals surface area contributed by atoms with Crippen LogP contribution in [0.4, 0.5) is 13.2 Å². The van der Waals surface area contributed by atoms with Gasteiger partial charge in [0.1, 0.15) is 11.3 Å². The van der Waals surface area contributed by atoms with Gasteiger partial charge in [-0.25, -0.2) is 4.68 Å². The predicted molar refractivity (Wildman–Crippen MR) is 106 cm³/mol. The summed E-state index contributed by atoms with van der Waals surface area (Å²) < 4.78 is 53.0. The Kier molecular flexibility index (Phi) is 4.88. The minimum Gasteiger partial charge on any atom is -0.450 e. The van der Waals surface area contributed by atoms with Crippen LogP contribution < -0.4 is 10.2 Å². The lowest BCUT2D eigenvalue weighted by molar-refractivity contribution is -0.152. The number of benzene rings is 2. The number of hydrogen-bond acceptors (Lipinski definition) is 5. The van der Waals surface area contributed by atoms with E-state index in [1.54, 1.807) is 30.3 Å². The van der Waals surface area contributed by atoms with Gasteiger partial charge in [0.2, 0.25) is 11.2 Å². The first-order valence-electron chi connectivity index (χ1n) is 9.12. The van der Waals surface area contributed by atoms with Gasteiger partial charge in [0.15, 0.2) is 0 Å². The van der Waals surface area contributed by atoms with Crippen LogP contribution in [0.15, 0.2) is 64.1 Å². The number of aromatic nitrogens is 2. The van der Waals surface area contributed by atoms with Gasteiger partial charge in [-0.15, -0.1) is 0 Å². The minimum atomic E-state index is -4.94. The molecule has 0 radical (unpaired) electrons. The molecule has 2 aromatic carbocycles. The maximum absolute atomic E-state index is 13.8. The van der Waals surface area contributed by atoms with E-state index in [1.807, 2.05) is 0 Å². The maximum Gasteiger partial charge on any atom is 0.450 e. The fourth-order valence-electron chi connectivity index (χ4n) is 3.34. The van der Waals surface area contributed by atoms with E-state index in [2.05, 4.69) is 5.10 Å². The van der Waals surface area contributed by atoms with Crippen molar-refractivity contribution in [3.05, 3.63) is 76.4 Å². The Morgan fingerprint density at radius 2 is 1.87 bits per heavy atom. The van der Waals surface area contributed by atoms with Gasteiger partial charge in [0.25, 0.3) is 0 Å². The molecular weight excluding hydrogens is 413 g/mol. The number of ether oxygens (including phenoxy) is 1. The summed E-state index contributed by atoms with van der Waals surface area (Å²) in [6, 6.07) is 11.2. The third-order valence-electron chi connectivity index (χ3n) is 4.58. The zero-order valence-corrected chi connectivity index (χ0v) is 16.4. The van der Waals surface area contributed by atoms with Crippen molar-refractivity contribution in [2.24, 2.45) is 0 Å². The molecule has 4 rings (SSSR count). The Balaban J connectivity index is 1.98. The van der Waals surface area contributed by atoms with Crippen molar-refractivity contribution in [2.45, 2.75) is 20.0 Å². The minimum absolute atomic E-state index is 0.0154. The quantitative estimate of drug-likeness (QED) is 0.343. The van der Waals surface area contributed by atoms with E-state index in [0.29, 0.717) is 11.3 Å². The van der Waals surface area contributed by atoms with E-state index in [1.165, 1.54) is 30.1 Å². The monoisotopic (exact) mass is 428 g/mol. The predicted octanol–water partition coefficient (Wildman–Crippen LogP) is 4.90. The summed E-state index contributed by atoms with van der Waals surface area (Å²) in [7, 11) is 0. The summed E-state index contributed by atoms with van der Waals surface area (Å²) in [5.74, 6) is -2.11. The number of carbonyl (C=O) groups excluding carboxylic acids is 1. The summed E-state index contributed by atoms with van der Waals surface area (Å²) in [5, 5.41) is 4.05. The van der Waals surface area contributed by atoms with Crippen LogP contribution in [0.25, 0.3) is 27.8 Å². The number of nitrogens with zero attached hydrogens (tertiary/aromatic N) is 2. The van der Waals surface area contributed by atoms with Crippen molar-refractivity contribution >= 4 is 16.9 Å². The van der Waals surface area contributed by atoms with E-state index in [0.717, 1.165) is 13.0 Å². The number of alkyl halides is 3. The molecule has 2 aromatic heterocycles. The number of fused-ring (bicyclic) bond motifs is 1. The molecule has 0 fully saturated rings. The van der Waals surface area contributed by atoms with Gasteiger partial charge in [-0.05, 0) is 30.7 Å². The molecule has 0 atom stereocenters. The highest BCUT2D eigenvalue weighted by atomic mass is 19.4. The van der Waals surface area contributed by atoms with E-state index < -0.39 is 28.9 Å². The third kappa shape index (κ3) is 3.81. The van der Waals surface area contributed by atoms with Crippen LogP contribution in [-0.2, 0) is 11.0 Å². The molecule has 0 aliphatic rings. The van der Waals surface area contributed by atoms with E-state index >= 15 is 0 Å². The Hall–Kier alpha value is -3.88. The first-order valence-corrected chi connectivity index (χ1v) is 9.12. The molecule has 0 saturated heterocycles. The summed E-state index contributed by atoms with van der Waals surface area (Å²) in [6.45, 7) is 2.68. The van der Waals surface area contributed by atoms with Crippen molar-refractivity contribution in [3.63, 3.8) is 0 Å². The molecule has 0 aliphatic carbocycles. The normalized spacial score (nSPS) is 11.6. The fraction of sp³-hybridized carbons (Fsp3) is 0.136. The first kappa shape index (κ1) is 20.4. The molecule has 6 nitrogen and oxygen atoms in total. The zero-order valence-electron chi connectivity index (χ0n) is 16.4. The molecule has 9 heteroatoms. The fourth-order valence-corrected chi connectivity index (χ4v) is 3.34. The highest BCUT2D eigenvalue weighted by molar-refractivity contribution is 5.87. The number of halogens is 3. The van der Waals surface area contributed by atoms with Gasteiger partial charge >= 0.3 is 12.1 Å². The number of hydrogen-bond donors (Lipinski definition) is 0. The summed E-state index contributed by atoms with van der Waals surface area (Å²) in [5.41, 5.74) is -0.913. The Labute approximate surface area is 173 Å². The molecule has 158 valence electrons. The summed E-state index contributed by atoms with van der Waals surface area (Å²) >= 11 is 0. The topological polar surface area (TPSA) is 74.3 Å². The second-order valence-corrected chi connectivity index (χ2v) is 6.85. The van der Waals surface area contributed by atoms with Crippen molar-refractivity contribution in [1.29, 1.82) is 0 Å². The Bertz CT molecular complexity index is 1360. The first-order chi connectivity index (χ1) is 14.6. The average molecular weight is 428 g/mol. The Morgan fingerprint density at radius 1 is 1.16 bits per heavy atom. The highest BCUT2D eigenvalue weighted by Crippen LogP contribution is 2.38. The van der Waals surface area contributed by atoms with Crippen LogP contribution in [0.3, 0.4) is 0 Å². The van der Waals surface area contributed by atoms with Crippen LogP contribution in [0, 0.1) is 6.92 Å². The van der Waals surface area contributed by atoms with Crippen LogP contribution >= 0.6 is 0 Å². The van der Waals surface area contributed by atoms with E-state index in [-0.39, 0.29) is 22.3 Å². The maximum atomic E-state index is 13.8. The molecule has 0 spiro atoms. The summed E-state index contributed by atoms with van der Waals surface area (Å²) in [6.07, 6.45) is -2.42. The number of rotatable bonds is 3. The van der Waals surface area contributed by atoms with Crippen LogP contribution in [0.1, 0.15) is 18.2 Å². The second kappa shape index (κ2) is 7.42. The number of aryl methyl sites for hydroxylation is 1. The van der Waals surface area contributed by atoms with Crippen molar-refractivity contribution in [3.8, 4) is 22.6 Å². The standard InChI is InChI=1S/C22H15F3N2O4/c1-12-8-16(30-13(2)28)9-17-18(12)20(29)19(21(31-17)22(23,24)25)14-10-26-27(11-14)15-6-4-3-5-7-15/h3-11H,1-2H3. The molecule has 2 heterocycles. The van der Waals surface area contributed by atoms with E-state index in [4.69, 9.17) is 9.15 Å². The lowest BCUT2D eigenvalue weighted by Crippen LogP contribution is -2.16. The van der Waals surface area contributed by atoms with Gasteiger partial charge in [-0.3, -0.25) is 9.59 Å². The molecule has 0 amide bonds. The van der Waals surface area contributed by atoms with Crippen LogP contribution in [-0.4, -0.2) is 15.7 Å². The second-order valence-electron chi connectivity index (χ2n) is 6.85. The lowest BCUT2D eigenvalue weighted by atomic mass is 10.0. The largest absolute Gasteiger partial charge is 0.450 e. The number of para-hydroxylation sites is 1. The molecule has 0 bridgehead atoms. The zero-order chi connectivity index (χ0) is 22.3. The van der Waals surface area contributed by atoms with Crippen molar-refractivity contribution in [1.82, 2.24) is 9.78 Å². The molecule has 0 unspecified atom stereocenters. The van der Waals surface area contributed by atoms with Crippen molar-refractivity contribution in [2.75, 3.05) is 0 Å². The molecular formula is C22H15F3N2O4. The summed E-state index contributed by atoms with van der Waals surface area (Å²) in [4.78, 5) is 24.4. The van der Waals surface area contributed by atoms with Gasteiger partial charge in [-0.1, -0.05) is 18.2 Å². The van der Waals surface area contributed by atoms with Gasteiger partial charge in [0.05, 0.1) is 22.8 Å². The smallest absolute Gasteiger partial charge is 0.450 e. The average Bonchev–Trinajstić information content (AvgIpc) is 3.16. The molecule has 31 heavy (non-hydrogen) atoms. The molecule has 4 aromatic rings. The Morgan fingerprint density at radius 3 is 2.52 bits per heavy atom. The van der Waals surface area contributed by atoms with Crippen LogP contribution in [0.5, 0.6) is 5.75 Å². The lowest BCUT2D eigenvalue weighted by Gasteiger charge is -2.13. The van der Waals surface area contributed by atoms with Gasteiger partial charge < -0.3 is 9.15 Å². The number of carbonyl (C=O) groups is 1. The van der Waals surface area contributed by atoms with Crippen molar-refractivity contribution < 1.29 is 27.1 Å². The third-order valence-corrected chi connectivity index (χ3v) is 4.58. The molecule has 0 N–H and O–H groups in total.